The molecule has 0 aromatic rings. The summed E-state index contributed by atoms with van der Waals surface area (Å²) in [5, 5.41) is 25.0. The summed E-state index contributed by atoms with van der Waals surface area (Å²) in [4.78, 5) is 59.0. The molecule has 0 aliphatic heterocycles. The molecule has 4 amide bonds. The van der Waals surface area contributed by atoms with Gasteiger partial charge in [-0.1, -0.05) is 13.8 Å². The molecule has 0 aromatic heterocycles. The Morgan fingerprint density at radius 2 is 1.48 bits per heavy atom. The van der Waals surface area contributed by atoms with Crippen molar-refractivity contribution in [1.82, 2.24) is 16.0 Å². The molecule has 4 unspecified atom stereocenters. The van der Waals surface area contributed by atoms with Gasteiger partial charge in [0.1, 0.15) is 24.2 Å². The molecule has 9 N–H and O–H groups in total. The molecule has 0 saturated heterocycles. The Labute approximate surface area is 173 Å². The topological polar surface area (TPSA) is 214 Å². The minimum absolute atomic E-state index is 0.158. The van der Waals surface area contributed by atoms with Gasteiger partial charge in [-0.25, -0.2) is 4.79 Å². The van der Waals surface area contributed by atoms with E-state index in [-0.39, 0.29) is 18.6 Å². The van der Waals surface area contributed by atoms with Gasteiger partial charge in [-0.3, -0.25) is 19.2 Å². The number of carboxylic acid groups (broad SMARTS) is 1. The quantitative estimate of drug-likeness (QED) is 0.137. The van der Waals surface area contributed by atoms with E-state index >= 15 is 0 Å². The zero-order valence-corrected chi connectivity index (χ0v) is 17.1. The predicted octanol–water partition coefficient (Wildman–Crippen LogP) is -3.30. The first-order valence-corrected chi connectivity index (χ1v) is 9.47. The number of thiol groups is 1. The molecule has 12 nitrogen and oxygen atoms in total. The molecule has 4 atom stereocenters. The van der Waals surface area contributed by atoms with Gasteiger partial charge in [0, 0.05) is 12.2 Å². The average molecular weight is 436 g/mol. The fourth-order valence-electron chi connectivity index (χ4n) is 2.15. The fourth-order valence-corrected chi connectivity index (χ4v) is 2.41. The molecule has 0 aromatic carbocycles. The summed E-state index contributed by atoms with van der Waals surface area (Å²) >= 11 is 3.99. The van der Waals surface area contributed by atoms with Gasteiger partial charge < -0.3 is 37.6 Å². The van der Waals surface area contributed by atoms with Gasteiger partial charge in [-0.15, -0.1) is 0 Å². The lowest BCUT2D eigenvalue weighted by Crippen LogP contribution is -2.58. The van der Waals surface area contributed by atoms with Gasteiger partial charge in [-0.05, 0) is 12.3 Å². The normalized spacial score (nSPS) is 15.0. The van der Waals surface area contributed by atoms with Crippen molar-refractivity contribution in [2.45, 2.75) is 50.9 Å². The highest BCUT2D eigenvalue weighted by atomic mass is 32.1. The number of carbonyl (C=O) groups is 5. The first kappa shape index (κ1) is 26.6. The average Bonchev–Trinajstić information content (AvgIpc) is 2.65. The van der Waals surface area contributed by atoms with Crippen molar-refractivity contribution < 1.29 is 34.2 Å². The maximum atomic E-state index is 12.5. The lowest BCUT2D eigenvalue weighted by atomic mass is 10.0. The van der Waals surface area contributed by atoms with Gasteiger partial charge in [-0.2, -0.15) is 12.6 Å². The third kappa shape index (κ3) is 9.58. The number of aliphatic hydroxyl groups is 1. The van der Waals surface area contributed by atoms with Crippen LogP contribution in [0.3, 0.4) is 0 Å². The van der Waals surface area contributed by atoms with Crippen LogP contribution in [-0.2, 0) is 24.0 Å². The summed E-state index contributed by atoms with van der Waals surface area (Å²) in [5.41, 5.74) is 10.5. The van der Waals surface area contributed by atoms with Gasteiger partial charge in [0.2, 0.25) is 23.6 Å². The summed E-state index contributed by atoms with van der Waals surface area (Å²) < 4.78 is 0. The van der Waals surface area contributed by atoms with Gasteiger partial charge in [0.25, 0.3) is 0 Å². The first-order valence-electron chi connectivity index (χ1n) is 8.84. The number of nitrogens with two attached hydrogens (primary N) is 2. The SMILES string of the molecule is CC(C)C(NC(=O)C(CS)NC(=O)C(CCC(N)=O)NC(=O)C(N)CO)C(=O)O. The maximum absolute atomic E-state index is 12.5. The highest BCUT2D eigenvalue weighted by Gasteiger charge is 2.30. The van der Waals surface area contributed by atoms with Gasteiger partial charge >= 0.3 is 5.97 Å². The van der Waals surface area contributed by atoms with Crippen molar-refractivity contribution in [2.75, 3.05) is 12.4 Å². The Kier molecular flexibility index (Phi) is 11.9. The molecular formula is C16H29N5O7S. The summed E-state index contributed by atoms with van der Waals surface area (Å²) in [7, 11) is 0. The van der Waals surface area contributed by atoms with E-state index in [0.717, 1.165) is 0 Å². The van der Waals surface area contributed by atoms with E-state index in [1.54, 1.807) is 13.8 Å². The Bertz CT molecular complexity index is 616. The predicted molar refractivity (Wildman–Crippen MR) is 106 cm³/mol. The van der Waals surface area contributed by atoms with Crippen LogP contribution in [-0.4, -0.2) is 76.3 Å². The minimum Gasteiger partial charge on any atom is -0.480 e. The monoisotopic (exact) mass is 435 g/mol. The van der Waals surface area contributed by atoms with Gasteiger partial charge in [0.15, 0.2) is 0 Å². The number of primary amides is 1. The van der Waals surface area contributed by atoms with Crippen LogP contribution in [0.25, 0.3) is 0 Å². The highest BCUT2D eigenvalue weighted by Crippen LogP contribution is 2.04. The number of hydrogen-bond acceptors (Lipinski definition) is 8. The van der Waals surface area contributed by atoms with E-state index < -0.39 is 66.3 Å². The van der Waals surface area contributed by atoms with Crippen molar-refractivity contribution in [3.8, 4) is 0 Å². The highest BCUT2D eigenvalue weighted by molar-refractivity contribution is 7.80. The number of aliphatic carboxylic acids is 1. The first-order chi connectivity index (χ1) is 13.4. The number of carbonyl (C=O) groups excluding carboxylic acids is 4. The fraction of sp³-hybridized carbons (Fsp3) is 0.688. The lowest BCUT2D eigenvalue weighted by molar-refractivity contribution is -0.143. The van der Waals surface area contributed by atoms with E-state index in [9.17, 15) is 24.0 Å². The molecule has 0 bridgehead atoms. The summed E-state index contributed by atoms with van der Waals surface area (Å²) in [6.45, 7) is 2.55. The molecule has 0 aliphatic rings. The molecule has 0 saturated carbocycles. The summed E-state index contributed by atoms with van der Waals surface area (Å²) in [5.74, 6) is -4.95. The van der Waals surface area contributed by atoms with Crippen molar-refractivity contribution >= 4 is 42.2 Å². The summed E-state index contributed by atoms with van der Waals surface area (Å²) in [6, 6.07) is -4.92. The third-order valence-corrected chi connectivity index (χ3v) is 4.26. The molecular weight excluding hydrogens is 406 g/mol. The number of aliphatic hydroxyl groups excluding tert-OH is 1. The molecule has 29 heavy (non-hydrogen) atoms. The second-order valence-electron chi connectivity index (χ2n) is 6.67. The molecule has 0 fully saturated rings. The van der Waals surface area contributed by atoms with Crippen LogP contribution >= 0.6 is 12.6 Å². The maximum Gasteiger partial charge on any atom is 0.326 e. The number of hydrogen-bond donors (Lipinski definition) is 8. The lowest BCUT2D eigenvalue weighted by Gasteiger charge is -2.25. The molecule has 0 rings (SSSR count). The molecule has 0 radical (unpaired) electrons. The number of rotatable bonds is 13. The van der Waals surface area contributed by atoms with Crippen LogP contribution < -0.4 is 27.4 Å². The third-order valence-electron chi connectivity index (χ3n) is 3.89. The largest absolute Gasteiger partial charge is 0.480 e. The van der Waals surface area contributed by atoms with E-state index in [1.807, 2.05) is 0 Å². The van der Waals surface area contributed by atoms with E-state index in [1.165, 1.54) is 0 Å². The van der Waals surface area contributed by atoms with E-state index in [4.69, 9.17) is 21.7 Å². The Morgan fingerprint density at radius 3 is 1.90 bits per heavy atom. The van der Waals surface area contributed by atoms with Crippen molar-refractivity contribution in [2.24, 2.45) is 17.4 Å². The second kappa shape index (κ2) is 13.0. The van der Waals surface area contributed by atoms with Crippen LogP contribution in [0, 0.1) is 5.92 Å². The Hall–Kier alpha value is -2.38. The van der Waals surface area contributed by atoms with Crippen LogP contribution in [0.1, 0.15) is 26.7 Å². The molecule has 166 valence electrons. The minimum atomic E-state index is -1.29. The van der Waals surface area contributed by atoms with Crippen molar-refractivity contribution in [3.63, 3.8) is 0 Å². The molecule has 0 aliphatic carbocycles. The molecule has 0 spiro atoms. The molecule has 13 heteroatoms. The van der Waals surface area contributed by atoms with Crippen LogP contribution in [0.4, 0.5) is 0 Å². The van der Waals surface area contributed by atoms with Crippen molar-refractivity contribution in [3.05, 3.63) is 0 Å². The molecule has 0 heterocycles. The van der Waals surface area contributed by atoms with Gasteiger partial charge in [0.05, 0.1) is 6.61 Å². The number of nitrogens with one attached hydrogen (secondary N) is 3. The van der Waals surface area contributed by atoms with Crippen LogP contribution in [0.15, 0.2) is 0 Å². The van der Waals surface area contributed by atoms with Crippen molar-refractivity contribution in [1.29, 1.82) is 0 Å². The second-order valence-corrected chi connectivity index (χ2v) is 7.03. The van der Waals surface area contributed by atoms with Crippen LogP contribution in [0.5, 0.6) is 0 Å². The van der Waals surface area contributed by atoms with E-state index in [0.29, 0.717) is 0 Å². The smallest absolute Gasteiger partial charge is 0.326 e. The Balaban J connectivity index is 5.24. The zero-order valence-electron chi connectivity index (χ0n) is 16.3. The standard InChI is InChI=1S/C16H29N5O7S/c1-7(2)12(16(27)28)21-15(26)10(6-29)20-14(25)9(3-4-11(18)23)19-13(24)8(17)5-22/h7-10,12,22,29H,3-6,17H2,1-2H3,(H2,18,23)(H,19,24)(H,20,25)(H,21,26)(H,27,28). The van der Waals surface area contributed by atoms with E-state index in [2.05, 4.69) is 28.6 Å². The number of amides is 4. The summed E-state index contributed by atoms with van der Waals surface area (Å²) in [6.07, 6.45) is -0.408. The zero-order chi connectivity index (χ0) is 22.7. The Morgan fingerprint density at radius 1 is 0.966 bits per heavy atom. The van der Waals surface area contributed by atoms with Crippen LogP contribution in [0.2, 0.25) is 0 Å². The number of carboxylic acids is 1.